The van der Waals surface area contributed by atoms with E-state index >= 15 is 0 Å². The van der Waals surface area contributed by atoms with Crippen molar-refractivity contribution in [2.75, 3.05) is 19.7 Å². The van der Waals surface area contributed by atoms with Crippen LogP contribution in [0.4, 0.5) is 0 Å². The van der Waals surface area contributed by atoms with Crippen LogP contribution in [0, 0.1) is 0 Å². The van der Waals surface area contributed by atoms with Crippen molar-refractivity contribution in [2.45, 2.75) is 65.5 Å². The first kappa shape index (κ1) is 22.4. The van der Waals surface area contributed by atoms with E-state index in [4.69, 9.17) is 4.74 Å². The highest BCUT2D eigenvalue weighted by Gasteiger charge is 2.13. The lowest BCUT2D eigenvalue weighted by atomic mass is 9.99. The molecule has 0 atom stereocenters. The highest BCUT2D eigenvalue weighted by atomic mass is 16.5. The number of hydrogen-bond donors (Lipinski definition) is 1. The minimum absolute atomic E-state index is 0.0313. The second-order valence-electron chi connectivity index (χ2n) is 8.63. The van der Waals surface area contributed by atoms with Crippen molar-refractivity contribution in [3.05, 3.63) is 64.7 Å². The van der Waals surface area contributed by atoms with E-state index in [1.165, 1.54) is 30.4 Å². The van der Waals surface area contributed by atoms with Gasteiger partial charge in [-0.05, 0) is 87.5 Å². The normalized spacial score (nSPS) is 15.7. The fourth-order valence-electron chi connectivity index (χ4n) is 4.04. The maximum Gasteiger partial charge on any atom is 0.251 e. The van der Waals surface area contributed by atoms with Crippen molar-refractivity contribution in [3.63, 3.8) is 0 Å². The maximum absolute atomic E-state index is 12.5. The molecule has 1 amide bonds. The zero-order chi connectivity index (χ0) is 21.3. The summed E-state index contributed by atoms with van der Waals surface area (Å²) < 4.78 is 6.15. The fourth-order valence-corrected chi connectivity index (χ4v) is 4.04. The van der Waals surface area contributed by atoms with Gasteiger partial charge >= 0.3 is 0 Å². The van der Waals surface area contributed by atoms with Crippen LogP contribution in [-0.4, -0.2) is 36.5 Å². The summed E-state index contributed by atoms with van der Waals surface area (Å²) >= 11 is 0. The molecule has 1 aliphatic heterocycles. The Hall–Kier alpha value is -2.33. The van der Waals surface area contributed by atoms with E-state index in [1.54, 1.807) is 0 Å². The number of carbonyl (C=O) groups excluding carboxylic acids is 1. The summed E-state index contributed by atoms with van der Waals surface area (Å²) in [6.07, 6.45) is 5.37. The van der Waals surface area contributed by atoms with Gasteiger partial charge < -0.3 is 10.1 Å². The number of benzene rings is 2. The zero-order valence-corrected chi connectivity index (χ0v) is 18.7. The third-order valence-corrected chi connectivity index (χ3v) is 5.45. The molecule has 162 valence electrons. The van der Waals surface area contributed by atoms with Crippen LogP contribution in [0.5, 0.6) is 5.75 Å². The fraction of sp³-hybridized carbons (Fsp3) is 0.500. The molecule has 0 spiro atoms. The van der Waals surface area contributed by atoms with E-state index < -0.39 is 0 Å². The van der Waals surface area contributed by atoms with E-state index in [1.807, 2.05) is 32.0 Å². The number of nitrogens with one attached hydrogen (secondary N) is 1. The standard InChI is InChI=1S/C26H36N2O2/c1-4-13-28-14-6-5-7-15-30-25-12-11-23(26(29)27-20(2)3)18-24(25)17-21-9-8-10-22(16-21)19-28/h8-12,16,18,20H,4-7,13-15,17,19H2,1-3H3,(H,27,29). The predicted octanol–water partition coefficient (Wildman–Crippen LogP) is 5.19. The van der Waals surface area contributed by atoms with Crippen LogP contribution in [0.2, 0.25) is 0 Å². The summed E-state index contributed by atoms with van der Waals surface area (Å²) in [5.74, 6) is 0.863. The monoisotopic (exact) mass is 408 g/mol. The summed E-state index contributed by atoms with van der Waals surface area (Å²) in [6, 6.07) is 14.8. The molecule has 0 saturated carbocycles. The number of rotatable bonds is 4. The summed E-state index contributed by atoms with van der Waals surface area (Å²) in [6.45, 7) is 10.2. The van der Waals surface area contributed by atoms with Crippen LogP contribution in [0.15, 0.2) is 42.5 Å². The molecule has 0 aromatic heterocycles. The molecule has 2 aromatic carbocycles. The number of carbonyl (C=O) groups is 1. The minimum Gasteiger partial charge on any atom is -0.493 e. The van der Waals surface area contributed by atoms with E-state index in [2.05, 4.69) is 41.4 Å². The molecule has 1 N–H and O–H groups in total. The van der Waals surface area contributed by atoms with Gasteiger partial charge in [0.05, 0.1) is 6.61 Å². The minimum atomic E-state index is -0.0313. The zero-order valence-electron chi connectivity index (χ0n) is 18.7. The quantitative estimate of drug-likeness (QED) is 0.757. The molecular weight excluding hydrogens is 372 g/mol. The average molecular weight is 409 g/mol. The number of amides is 1. The lowest BCUT2D eigenvalue weighted by Crippen LogP contribution is -2.30. The Kier molecular flexibility index (Phi) is 8.32. The van der Waals surface area contributed by atoms with Crippen LogP contribution >= 0.6 is 0 Å². The Morgan fingerprint density at radius 3 is 2.73 bits per heavy atom. The first-order chi connectivity index (χ1) is 14.5. The van der Waals surface area contributed by atoms with E-state index in [-0.39, 0.29) is 11.9 Å². The van der Waals surface area contributed by atoms with Crippen LogP contribution < -0.4 is 10.1 Å². The van der Waals surface area contributed by atoms with Gasteiger partial charge in [0.15, 0.2) is 0 Å². The summed E-state index contributed by atoms with van der Waals surface area (Å²) in [7, 11) is 0. The first-order valence-corrected chi connectivity index (χ1v) is 11.4. The molecule has 2 bridgehead atoms. The van der Waals surface area contributed by atoms with E-state index in [0.717, 1.165) is 50.4 Å². The van der Waals surface area contributed by atoms with Gasteiger partial charge in [-0.25, -0.2) is 0 Å². The van der Waals surface area contributed by atoms with Gasteiger partial charge in [0.25, 0.3) is 5.91 Å². The van der Waals surface area contributed by atoms with Gasteiger partial charge in [-0.1, -0.05) is 31.2 Å². The molecule has 4 nitrogen and oxygen atoms in total. The molecule has 0 fully saturated rings. The highest BCUT2D eigenvalue weighted by molar-refractivity contribution is 5.94. The largest absolute Gasteiger partial charge is 0.493 e. The van der Waals surface area contributed by atoms with Crippen molar-refractivity contribution >= 4 is 5.91 Å². The van der Waals surface area contributed by atoms with Crippen molar-refractivity contribution in [3.8, 4) is 5.75 Å². The lowest BCUT2D eigenvalue weighted by molar-refractivity contribution is 0.0943. The predicted molar refractivity (Wildman–Crippen MR) is 123 cm³/mol. The van der Waals surface area contributed by atoms with Crippen molar-refractivity contribution < 1.29 is 9.53 Å². The van der Waals surface area contributed by atoms with Crippen molar-refractivity contribution in [1.29, 1.82) is 0 Å². The Labute approximate surface area is 181 Å². The van der Waals surface area contributed by atoms with Gasteiger partial charge in [0, 0.05) is 24.6 Å². The molecule has 1 heterocycles. The van der Waals surface area contributed by atoms with Gasteiger partial charge in [0.1, 0.15) is 5.75 Å². The van der Waals surface area contributed by atoms with E-state index in [0.29, 0.717) is 5.56 Å². The van der Waals surface area contributed by atoms with Crippen molar-refractivity contribution in [2.24, 2.45) is 0 Å². The number of fused-ring (bicyclic) bond motifs is 3. The Morgan fingerprint density at radius 1 is 1.10 bits per heavy atom. The van der Waals surface area contributed by atoms with Crippen LogP contribution in [-0.2, 0) is 13.0 Å². The topological polar surface area (TPSA) is 41.6 Å². The van der Waals surface area contributed by atoms with Crippen LogP contribution in [0.25, 0.3) is 0 Å². The molecular formula is C26H36N2O2. The molecule has 4 heteroatoms. The lowest BCUT2D eigenvalue weighted by Gasteiger charge is -2.22. The third-order valence-electron chi connectivity index (χ3n) is 5.45. The second kappa shape index (κ2) is 11.2. The summed E-state index contributed by atoms with van der Waals surface area (Å²) in [4.78, 5) is 15.1. The highest BCUT2D eigenvalue weighted by Crippen LogP contribution is 2.25. The van der Waals surface area contributed by atoms with Gasteiger partial charge in [-0.3, -0.25) is 9.69 Å². The first-order valence-electron chi connectivity index (χ1n) is 11.4. The molecule has 0 radical (unpaired) electrons. The number of hydrogen-bond acceptors (Lipinski definition) is 3. The second-order valence-corrected chi connectivity index (χ2v) is 8.63. The molecule has 2 aromatic rings. The Balaban J connectivity index is 1.89. The smallest absolute Gasteiger partial charge is 0.251 e. The van der Waals surface area contributed by atoms with Crippen molar-refractivity contribution in [1.82, 2.24) is 10.2 Å². The molecule has 0 aliphatic carbocycles. The van der Waals surface area contributed by atoms with Gasteiger partial charge in [-0.2, -0.15) is 0 Å². The molecule has 0 unspecified atom stereocenters. The van der Waals surface area contributed by atoms with Gasteiger partial charge in [0.2, 0.25) is 0 Å². The average Bonchev–Trinajstić information content (AvgIpc) is 2.70. The Morgan fingerprint density at radius 2 is 1.93 bits per heavy atom. The summed E-state index contributed by atoms with van der Waals surface area (Å²) in [5.41, 5.74) is 4.38. The van der Waals surface area contributed by atoms with E-state index in [9.17, 15) is 4.79 Å². The summed E-state index contributed by atoms with van der Waals surface area (Å²) in [5, 5.41) is 2.99. The Bertz CT molecular complexity index is 832. The maximum atomic E-state index is 12.5. The van der Waals surface area contributed by atoms with Crippen LogP contribution in [0.1, 0.15) is 73.5 Å². The molecule has 1 aliphatic rings. The molecule has 30 heavy (non-hydrogen) atoms. The third kappa shape index (κ3) is 6.60. The number of nitrogens with zero attached hydrogens (tertiary/aromatic N) is 1. The molecule has 3 rings (SSSR count). The number of ether oxygens (including phenoxy) is 1. The van der Waals surface area contributed by atoms with Gasteiger partial charge in [-0.15, -0.1) is 0 Å². The SMILES string of the molecule is CCCN1CCCCCOc2ccc(C(=O)NC(C)C)cc2Cc2cccc(c2)C1. The molecule has 0 saturated heterocycles. The van der Waals surface area contributed by atoms with Crippen LogP contribution in [0.3, 0.4) is 0 Å².